The average Bonchev–Trinajstić information content (AvgIpc) is 3.95. The molecular formula is C51H68N10O8S. The van der Waals surface area contributed by atoms with Crippen LogP contribution in [0.2, 0.25) is 0 Å². The molecule has 0 bridgehead atoms. The maximum absolute atomic E-state index is 14.0. The van der Waals surface area contributed by atoms with E-state index in [1.165, 1.54) is 22.4 Å². The molecular weight excluding hydrogens is 913 g/mol. The minimum atomic E-state index is -0.964. The zero-order valence-electron chi connectivity index (χ0n) is 40.7. The topological polar surface area (TPSA) is 232 Å². The highest BCUT2D eigenvalue weighted by molar-refractivity contribution is 7.13. The first-order chi connectivity index (χ1) is 33.6. The number of hydrogen-bond donors (Lipinski definition) is 6. The number of β-amino-alcohol motifs (C(OH)–C–C–N with tert-alkyl or cyclic N) is 2. The molecule has 70 heavy (non-hydrogen) atoms. The molecule has 5 heterocycles. The van der Waals surface area contributed by atoms with Crippen molar-refractivity contribution in [2.75, 3.05) is 64.3 Å². The molecule has 376 valence electrons. The van der Waals surface area contributed by atoms with E-state index in [4.69, 9.17) is 4.74 Å². The van der Waals surface area contributed by atoms with Crippen LogP contribution in [0.1, 0.15) is 85.7 Å². The molecule has 2 aromatic carbocycles. The lowest BCUT2D eigenvalue weighted by molar-refractivity contribution is -0.144. The first-order valence-electron chi connectivity index (χ1n) is 24.3. The van der Waals surface area contributed by atoms with Gasteiger partial charge in [-0.3, -0.25) is 33.8 Å². The average molecular weight is 981 g/mol. The summed E-state index contributed by atoms with van der Waals surface area (Å²) in [6, 6.07) is 16.2. The van der Waals surface area contributed by atoms with E-state index in [0.29, 0.717) is 37.6 Å². The molecule has 2 aromatic heterocycles. The Kier molecular flexibility index (Phi) is 18.2. The fourth-order valence-corrected chi connectivity index (χ4v) is 9.87. The number of thiazole rings is 1. The van der Waals surface area contributed by atoms with Gasteiger partial charge in [-0.15, -0.1) is 11.3 Å². The molecule has 3 aliphatic heterocycles. The fraction of sp³-hybridized carbons (Fsp3) is 0.529. The Hall–Kier alpha value is -5.70. The highest BCUT2D eigenvalue weighted by atomic mass is 32.1. The van der Waals surface area contributed by atoms with Gasteiger partial charge in [0.25, 0.3) is 0 Å². The molecule has 0 unspecified atom stereocenters. The van der Waals surface area contributed by atoms with Gasteiger partial charge < -0.3 is 41.1 Å². The number of aryl methyl sites for hydroxylation is 1. The molecule has 0 spiro atoms. The number of aliphatic hydroxyl groups is 2. The van der Waals surface area contributed by atoms with Crippen LogP contribution in [0.15, 0.2) is 66.4 Å². The second kappa shape index (κ2) is 24.4. The molecule has 0 aliphatic carbocycles. The Morgan fingerprint density at radius 1 is 0.900 bits per heavy atom. The third-order valence-electron chi connectivity index (χ3n) is 13.1. The summed E-state index contributed by atoms with van der Waals surface area (Å²) in [7, 11) is 0. The Labute approximate surface area is 414 Å². The molecule has 4 atom stereocenters. The Balaban J connectivity index is 0.737. The summed E-state index contributed by atoms with van der Waals surface area (Å²) in [6.45, 7) is 12.6. The summed E-state index contributed by atoms with van der Waals surface area (Å²) in [5.41, 5.74) is 6.96. The van der Waals surface area contributed by atoms with E-state index in [0.717, 1.165) is 54.3 Å². The normalized spacial score (nSPS) is 18.3. The molecule has 7 rings (SSSR count). The number of nitrogens with one attached hydrogen (secondary N) is 4. The number of aliphatic hydroxyl groups excluding tert-OH is 2. The molecule has 0 saturated carbocycles. The number of Topliss-reactive ketones (excluding diaryl/α,β-unsaturated/α-hetero) is 1. The predicted octanol–water partition coefficient (Wildman–Crippen LogP) is 3.11. The zero-order chi connectivity index (χ0) is 49.8. The van der Waals surface area contributed by atoms with Gasteiger partial charge in [0, 0.05) is 90.7 Å². The Morgan fingerprint density at radius 2 is 1.64 bits per heavy atom. The van der Waals surface area contributed by atoms with Gasteiger partial charge in [-0.1, -0.05) is 69.3 Å². The minimum absolute atomic E-state index is 0.0247. The zero-order valence-corrected chi connectivity index (χ0v) is 41.5. The van der Waals surface area contributed by atoms with E-state index in [2.05, 4.69) is 64.2 Å². The van der Waals surface area contributed by atoms with E-state index in [-0.39, 0.29) is 75.6 Å². The van der Waals surface area contributed by atoms with Crippen molar-refractivity contribution >= 4 is 46.6 Å². The number of rotatable bonds is 23. The monoisotopic (exact) mass is 980 g/mol. The maximum Gasteiger partial charge on any atom is 0.246 e. The number of carbonyl (C=O) groups excluding carboxylic acids is 5. The molecule has 3 aliphatic rings. The number of nitrogens with zero attached hydrogens (tertiary/aromatic N) is 6. The van der Waals surface area contributed by atoms with E-state index in [1.807, 2.05) is 63.5 Å². The van der Waals surface area contributed by atoms with Crippen LogP contribution in [0.5, 0.6) is 0 Å². The number of benzene rings is 2. The number of aromatic nitrogens is 3. The Bertz CT molecular complexity index is 2420. The summed E-state index contributed by atoms with van der Waals surface area (Å²) >= 11 is 1.57. The third-order valence-corrected chi connectivity index (χ3v) is 14.0. The number of anilines is 1. The van der Waals surface area contributed by atoms with E-state index in [1.54, 1.807) is 17.4 Å². The number of ketones is 1. The quantitative estimate of drug-likeness (QED) is 0.0464. The summed E-state index contributed by atoms with van der Waals surface area (Å²) in [5.74, 6) is -0.975. The lowest BCUT2D eigenvalue weighted by Crippen LogP contribution is -2.57. The largest absolute Gasteiger partial charge is 0.392 e. The third kappa shape index (κ3) is 14.7. The van der Waals surface area contributed by atoms with Gasteiger partial charge in [0.15, 0.2) is 5.78 Å². The van der Waals surface area contributed by atoms with Gasteiger partial charge in [0.2, 0.25) is 23.6 Å². The minimum Gasteiger partial charge on any atom is -0.392 e. The van der Waals surface area contributed by atoms with Crippen LogP contribution in [0.4, 0.5) is 5.82 Å². The highest BCUT2D eigenvalue weighted by Crippen LogP contribution is 2.29. The lowest BCUT2D eigenvalue weighted by atomic mass is 9.85. The molecule has 2 fully saturated rings. The highest BCUT2D eigenvalue weighted by Gasteiger charge is 2.44. The van der Waals surface area contributed by atoms with Gasteiger partial charge in [-0.25, -0.2) is 15.0 Å². The number of carbonyl (C=O) groups is 5. The first kappa shape index (κ1) is 52.1. The first-order valence-corrected chi connectivity index (χ1v) is 25.2. The molecule has 2 saturated heterocycles. The van der Waals surface area contributed by atoms with Crippen LogP contribution in [0.3, 0.4) is 0 Å². The summed E-state index contributed by atoms with van der Waals surface area (Å²) in [4.78, 5) is 85.6. The summed E-state index contributed by atoms with van der Waals surface area (Å²) < 4.78 is 5.61. The standard InChI is InChI=1S/C51H68N10O8S/c1-33-47(70-32-56-33)36-11-9-34(10-12-36)25-53-49(67)42-23-40(63)30-61(42)50(68)48(51(2,3)4)58-46(66)17-22-69-21-16-45(65)52-18-20-60-27-38(28-60)57-44-24-41(54-31-55-44)43(64)14-13-39(62)29-59-19-15-35-7-5-6-8-37(35)26-59/h5-12,24,31-32,38-40,42,48,62-63H,13-23,25-30H2,1-4H3,(H,52,65)(H,53,67)(H,58,66)(H,54,55,57)/t39-,40+,42-,48+/m0/s1. The van der Waals surface area contributed by atoms with Gasteiger partial charge in [-0.2, -0.15) is 0 Å². The van der Waals surface area contributed by atoms with E-state index in [9.17, 15) is 34.2 Å². The predicted molar refractivity (Wildman–Crippen MR) is 266 cm³/mol. The van der Waals surface area contributed by atoms with Crippen molar-refractivity contribution in [2.24, 2.45) is 5.41 Å². The van der Waals surface area contributed by atoms with Gasteiger partial charge >= 0.3 is 0 Å². The number of ether oxygens (including phenoxy) is 1. The van der Waals surface area contributed by atoms with E-state index < -0.39 is 41.5 Å². The second-order valence-electron chi connectivity index (χ2n) is 19.7. The smallest absolute Gasteiger partial charge is 0.246 e. The van der Waals surface area contributed by atoms with Crippen molar-refractivity contribution in [1.82, 2.24) is 45.6 Å². The van der Waals surface area contributed by atoms with Crippen molar-refractivity contribution < 1.29 is 38.9 Å². The van der Waals surface area contributed by atoms with Crippen molar-refractivity contribution in [2.45, 2.75) is 110 Å². The maximum atomic E-state index is 14.0. The molecule has 0 radical (unpaired) electrons. The molecule has 19 heteroatoms. The molecule has 18 nitrogen and oxygen atoms in total. The van der Waals surface area contributed by atoms with Gasteiger partial charge in [0.05, 0.1) is 47.5 Å². The van der Waals surface area contributed by atoms with Crippen molar-refractivity contribution in [1.29, 1.82) is 0 Å². The molecule has 4 aromatic rings. The van der Waals surface area contributed by atoms with Crippen LogP contribution < -0.4 is 21.3 Å². The molecule has 6 N–H and O–H groups in total. The van der Waals surface area contributed by atoms with Crippen LogP contribution in [-0.4, -0.2) is 159 Å². The van der Waals surface area contributed by atoms with Crippen LogP contribution in [0, 0.1) is 12.3 Å². The number of amides is 4. The van der Waals surface area contributed by atoms with Crippen LogP contribution in [0.25, 0.3) is 10.4 Å². The van der Waals surface area contributed by atoms with Crippen molar-refractivity contribution in [3.05, 3.63) is 94.5 Å². The lowest BCUT2D eigenvalue weighted by Gasteiger charge is -2.39. The van der Waals surface area contributed by atoms with Crippen molar-refractivity contribution in [3.63, 3.8) is 0 Å². The van der Waals surface area contributed by atoms with E-state index >= 15 is 0 Å². The molecule has 4 amide bonds. The number of hydrogen-bond acceptors (Lipinski definition) is 15. The summed E-state index contributed by atoms with van der Waals surface area (Å²) in [6.07, 6.45) is 1.57. The van der Waals surface area contributed by atoms with Gasteiger partial charge in [0.1, 0.15) is 29.9 Å². The fourth-order valence-electron chi connectivity index (χ4n) is 9.05. The number of likely N-dealkylation sites (tertiary alicyclic amines) is 2. The van der Waals surface area contributed by atoms with Gasteiger partial charge in [-0.05, 0) is 47.4 Å². The van der Waals surface area contributed by atoms with Crippen molar-refractivity contribution in [3.8, 4) is 10.4 Å². The summed E-state index contributed by atoms with van der Waals surface area (Å²) in [5, 5.41) is 33.3. The van der Waals surface area contributed by atoms with Crippen LogP contribution >= 0.6 is 11.3 Å². The Morgan fingerprint density at radius 3 is 2.37 bits per heavy atom. The van der Waals surface area contributed by atoms with Crippen LogP contribution in [-0.2, 0) is 43.4 Å². The SMILES string of the molecule is Cc1ncsc1-c1ccc(CNC(=O)[C@@H]2C[C@@H](O)CN2C(=O)[C@@H](NC(=O)CCOCCC(=O)NCCN2CC(Nc3cc(C(=O)CC[C@H](O)CN4CCc5ccccc5C4)ncn3)C2)C(C)(C)C)cc1. The second-order valence-corrected chi connectivity index (χ2v) is 20.5. The number of fused-ring (bicyclic) bond motifs is 1.